The zero-order valence-corrected chi connectivity index (χ0v) is 18.0. The lowest BCUT2D eigenvalue weighted by Gasteiger charge is -2.13. The lowest BCUT2D eigenvalue weighted by atomic mass is 10.1. The summed E-state index contributed by atoms with van der Waals surface area (Å²) in [4.78, 5) is 12.8. The van der Waals surface area contributed by atoms with Crippen LogP contribution in [0.1, 0.15) is 10.4 Å². The van der Waals surface area contributed by atoms with E-state index in [1.165, 1.54) is 45.6 Å². The molecule has 0 heterocycles. The Kier molecular flexibility index (Phi) is 6.66. The summed E-state index contributed by atoms with van der Waals surface area (Å²) in [6.45, 7) is 0. The largest absolute Gasteiger partial charge is 0.497 e. The Balaban J connectivity index is 1.78. The molecule has 3 aromatic rings. The highest BCUT2D eigenvalue weighted by Crippen LogP contribution is 2.29. The lowest BCUT2D eigenvalue weighted by molar-refractivity contribution is 0.102. The molecule has 0 bridgehead atoms. The molecule has 0 saturated carbocycles. The summed E-state index contributed by atoms with van der Waals surface area (Å²) < 4.78 is 43.4. The number of amides is 1. The molecule has 0 aliphatic heterocycles. The maximum absolute atomic E-state index is 12.7. The predicted octanol–water partition coefficient (Wildman–Crippen LogP) is 3.77. The molecular formula is C22H22N2O6S. The van der Waals surface area contributed by atoms with E-state index in [9.17, 15) is 13.2 Å². The van der Waals surface area contributed by atoms with Crippen molar-refractivity contribution in [2.24, 2.45) is 0 Å². The van der Waals surface area contributed by atoms with Crippen LogP contribution in [0.3, 0.4) is 0 Å². The first-order chi connectivity index (χ1) is 14.9. The van der Waals surface area contributed by atoms with Crippen molar-refractivity contribution >= 4 is 27.3 Å². The highest BCUT2D eigenvalue weighted by Gasteiger charge is 2.19. The predicted molar refractivity (Wildman–Crippen MR) is 118 cm³/mol. The first kappa shape index (κ1) is 22.0. The molecule has 162 valence electrons. The molecule has 1 amide bonds. The van der Waals surface area contributed by atoms with Crippen molar-refractivity contribution in [3.8, 4) is 17.2 Å². The van der Waals surface area contributed by atoms with E-state index >= 15 is 0 Å². The van der Waals surface area contributed by atoms with Gasteiger partial charge in [-0.25, -0.2) is 8.42 Å². The Morgan fingerprint density at radius 3 is 1.97 bits per heavy atom. The second kappa shape index (κ2) is 9.40. The summed E-state index contributed by atoms with van der Waals surface area (Å²) in [7, 11) is 0.604. The summed E-state index contributed by atoms with van der Waals surface area (Å²) in [5, 5.41) is 2.72. The zero-order chi connectivity index (χ0) is 22.4. The average Bonchev–Trinajstić information content (AvgIpc) is 2.78. The van der Waals surface area contributed by atoms with Gasteiger partial charge in [-0.05, 0) is 48.5 Å². The minimum atomic E-state index is -3.82. The smallest absolute Gasteiger partial charge is 0.263 e. The van der Waals surface area contributed by atoms with E-state index in [1.807, 2.05) is 0 Å². The van der Waals surface area contributed by atoms with Crippen LogP contribution in [0, 0.1) is 0 Å². The molecule has 0 aliphatic rings. The van der Waals surface area contributed by atoms with Crippen LogP contribution in [-0.4, -0.2) is 35.7 Å². The molecule has 3 aromatic carbocycles. The minimum Gasteiger partial charge on any atom is -0.497 e. The second-order valence-corrected chi connectivity index (χ2v) is 8.04. The summed E-state index contributed by atoms with van der Waals surface area (Å²) in [6.07, 6.45) is 0. The van der Waals surface area contributed by atoms with Crippen molar-refractivity contribution in [2.45, 2.75) is 4.90 Å². The number of anilines is 2. The molecule has 2 N–H and O–H groups in total. The van der Waals surface area contributed by atoms with E-state index < -0.39 is 15.9 Å². The van der Waals surface area contributed by atoms with Crippen LogP contribution in [0.5, 0.6) is 17.2 Å². The molecule has 0 saturated heterocycles. The number of sulfonamides is 1. The number of ether oxygens (including phenoxy) is 3. The molecule has 31 heavy (non-hydrogen) atoms. The van der Waals surface area contributed by atoms with Gasteiger partial charge in [-0.1, -0.05) is 12.1 Å². The number of benzene rings is 3. The van der Waals surface area contributed by atoms with E-state index in [1.54, 1.807) is 42.5 Å². The molecule has 3 rings (SSSR count). The van der Waals surface area contributed by atoms with Crippen LogP contribution in [0.2, 0.25) is 0 Å². The van der Waals surface area contributed by atoms with Gasteiger partial charge in [-0.15, -0.1) is 0 Å². The maximum atomic E-state index is 12.7. The van der Waals surface area contributed by atoms with Crippen molar-refractivity contribution in [1.82, 2.24) is 0 Å². The van der Waals surface area contributed by atoms with Crippen LogP contribution in [0.4, 0.5) is 11.4 Å². The van der Waals surface area contributed by atoms with Gasteiger partial charge >= 0.3 is 0 Å². The van der Waals surface area contributed by atoms with Gasteiger partial charge < -0.3 is 19.5 Å². The summed E-state index contributed by atoms with van der Waals surface area (Å²) in [6, 6.07) is 17.4. The van der Waals surface area contributed by atoms with Gasteiger partial charge in [-0.2, -0.15) is 0 Å². The molecule has 0 unspecified atom stereocenters. The Morgan fingerprint density at radius 2 is 1.39 bits per heavy atom. The van der Waals surface area contributed by atoms with Crippen molar-refractivity contribution in [3.05, 3.63) is 72.3 Å². The molecule has 0 aliphatic carbocycles. The molecule has 0 fully saturated rings. The van der Waals surface area contributed by atoms with E-state index in [0.717, 1.165) is 0 Å². The number of hydrogen-bond donors (Lipinski definition) is 2. The average molecular weight is 442 g/mol. The molecule has 0 aromatic heterocycles. The van der Waals surface area contributed by atoms with Crippen molar-refractivity contribution < 1.29 is 27.4 Å². The fourth-order valence-corrected chi connectivity index (χ4v) is 3.94. The number of carbonyl (C=O) groups is 1. The fourth-order valence-electron chi connectivity index (χ4n) is 2.89. The quantitative estimate of drug-likeness (QED) is 0.551. The third-order valence-electron chi connectivity index (χ3n) is 4.40. The first-order valence-corrected chi connectivity index (χ1v) is 10.7. The van der Waals surface area contributed by atoms with E-state index in [2.05, 4.69) is 10.0 Å². The van der Waals surface area contributed by atoms with Gasteiger partial charge in [0.25, 0.3) is 15.9 Å². The minimum absolute atomic E-state index is 0.0446. The van der Waals surface area contributed by atoms with Crippen LogP contribution < -0.4 is 24.2 Å². The Hall–Kier alpha value is -3.72. The molecule has 0 atom stereocenters. The highest BCUT2D eigenvalue weighted by molar-refractivity contribution is 7.92. The standard InChI is InChI=1S/C22H22N2O6S/c1-28-17-7-4-6-16(14-17)24-31(26,27)18-12-10-15(11-13-18)23-22(25)21-19(29-2)8-5-9-20(21)30-3/h4-14,24H,1-3H3,(H,23,25). The van der Waals surface area contributed by atoms with Crippen LogP contribution in [0.25, 0.3) is 0 Å². The molecular weight excluding hydrogens is 420 g/mol. The molecule has 0 radical (unpaired) electrons. The van der Waals surface area contributed by atoms with E-state index in [-0.39, 0.29) is 10.5 Å². The Labute approximate surface area is 180 Å². The SMILES string of the molecule is COc1cccc(NS(=O)(=O)c2ccc(NC(=O)c3c(OC)cccc3OC)cc2)c1. The number of carbonyl (C=O) groups excluding carboxylic acids is 1. The van der Waals surface area contributed by atoms with Crippen LogP contribution in [-0.2, 0) is 10.0 Å². The van der Waals surface area contributed by atoms with Gasteiger partial charge in [0.2, 0.25) is 0 Å². The van der Waals surface area contributed by atoms with Gasteiger partial charge in [-0.3, -0.25) is 9.52 Å². The highest BCUT2D eigenvalue weighted by atomic mass is 32.2. The van der Waals surface area contributed by atoms with Gasteiger partial charge in [0.15, 0.2) is 0 Å². The Bertz CT molecular complexity index is 1150. The van der Waals surface area contributed by atoms with E-state index in [0.29, 0.717) is 28.6 Å². The number of rotatable bonds is 8. The summed E-state index contributed by atoms with van der Waals surface area (Å²) >= 11 is 0. The third-order valence-corrected chi connectivity index (χ3v) is 5.80. The van der Waals surface area contributed by atoms with Gasteiger partial charge in [0.05, 0.1) is 31.9 Å². The molecule has 9 heteroatoms. The van der Waals surface area contributed by atoms with E-state index in [4.69, 9.17) is 14.2 Å². The number of nitrogens with one attached hydrogen (secondary N) is 2. The molecule has 8 nitrogen and oxygen atoms in total. The normalized spacial score (nSPS) is 10.8. The monoisotopic (exact) mass is 442 g/mol. The topological polar surface area (TPSA) is 103 Å². The maximum Gasteiger partial charge on any atom is 0.263 e. The summed E-state index contributed by atoms with van der Waals surface area (Å²) in [5.41, 5.74) is 1.03. The lowest BCUT2D eigenvalue weighted by Crippen LogP contribution is -2.15. The van der Waals surface area contributed by atoms with Crippen LogP contribution in [0.15, 0.2) is 71.6 Å². The van der Waals surface area contributed by atoms with Gasteiger partial charge in [0.1, 0.15) is 22.8 Å². The van der Waals surface area contributed by atoms with Crippen LogP contribution >= 0.6 is 0 Å². The number of methoxy groups -OCH3 is 3. The number of hydrogen-bond acceptors (Lipinski definition) is 6. The Morgan fingerprint density at radius 1 is 0.774 bits per heavy atom. The fraction of sp³-hybridized carbons (Fsp3) is 0.136. The van der Waals surface area contributed by atoms with Crippen molar-refractivity contribution in [2.75, 3.05) is 31.4 Å². The molecule has 0 spiro atoms. The zero-order valence-electron chi connectivity index (χ0n) is 17.2. The van der Waals surface area contributed by atoms with Crippen molar-refractivity contribution in [1.29, 1.82) is 0 Å². The third kappa shape index (κ3) is 5.07. The van der Waals surface area contributed by atoms with Crippen molar-refractivity contribution in [3.63, 3.8) is 0 Å². The first-order valence-electron chi connectivity index (χ1n) is 9.17. The second-order valence-electron chi connectivity index (χ2n) is 6.35. The summed E-state index contributed by atoms with van der Waals surface area (Å²) in [5.74, 6) is 0.807. The van der Waals surface area contributed by atoms with Gasteiger partial charge in [0, 0.05) is 11.8 Å².